The van der Waals surface area contributed by atoms with E-state index in [9.17, 15) is 4.79 Å². The summed E-state index contributed by atoms with van der Waals surface area (Å²) in [5.74, 6) is 0.0434. The predicted octanol–water partition coefficient (Wildman–Crippen LogP) is 3.09. The molecule has 6 heteroatoms. The van der Waals surface area contributed by atoms with Gasteiger partial charge in [-0.25, -0.2) is 4.68 Å². The quantitative estimate of drug-likeness (QED) is 0.817. The molecule has 0 saturated heterocycles. The molecule has 144 valence electrons. The smallest absolute Gasteiger partial charge is 0.251 e. The van der Waals surface area contributed by atoms with Crippen LogP contribution in [0.5, 0.6) is 0 Å². The van der Waals surface area contributed by atoms with Crippen molar-refractivity contribution in [2.24, 2.45) is 0 Å². The van der Waals surface area contributed by atoms with E-state index in [4.69, 9.17) is 0 Å². The number of nitrogens with one attached hydrogen (secondary N) is 1. The number of nitrogens with zero attached hydrogens (tertiary/aromatic N) is 4. The Morgan fingerprint density at radius 1 is 1.15 bits per heavy atom. The minimum absolute atomic E-state index is 0.0434. The molecule has 2 fully saturated rings. The van der Waals surface area contributed by atoms with Crippen LogP contribution in [-0.4, -0.2) is 37.9 Å². The van der Waals surface area contributed by atoms with Crippen molar-refractivity contribution in [3.05, 3.63) is 47.3 Å². The molecule has 0 radical (unpaired) electrons. The van der Waals surface area contributed by atoms with E-state index in [2.05, 4.69) is 59.6 Å². The van der Waals surface area contributed by atoms with Gasteiger partial charge in [-0.05, 0) is 64.2 Å². The number of rotatable bonds is 7. The average molecular weight is 367 g/mol. The van der Waals surface area contributed by atoms with Crippen LogP contribution in [0.25, 0.3) is 0 Å². The Morgan fingerprint density at radius 3 is 2.41 bits per heavy atom. The van der Waals surface area contributed by atoms with E-state index in [-0.39, 0.29) is 11.4 Å². The first-order valence-corrected chi connectivity index (χ1v) is 9.94. The zero-order chi connectivity index (χ0) is 19.0. The molecule has 2 aromatic rings. The zero-order valence-corrected chi connectivity index (χ0v) is 16.5. The van der Waals surface area contributed by atoms with Crippen LogP contribution in [0.2, 0.25) is 0 Å². The van der Waals surface area contributed by atoms with Gasteiger partial charge in [-0.2, -0.15) is 0 Å². The summed E-state index contributed by atoms with van der Waals surface area (Å²) >= 11 is 0. The molecule has 1 N–H and O–H groups in total. The number of hydrogen-bond acceptors (Lipinski definition) is 4. The molecule has 2 saturated carbocycles. The number of hydrogen-bond donors (Lipinski definition) is 1. The van der Waals surface area contributed by atoms with Crippen molar-refractivity contribution in [2.45, 2.75) is 77.2 Å². The maximum Gasteiger partial charge on any atom is 0.251 e. The maximum atomic E-state index is 12.1. The standard InChI is InChI=1S/C21H29N5O/c1-21(2,3)26-14-18(23-24-26)13-25(19-10-11-19)12-15-4-6-16(7-5-15)20(27)22-17-8-9-17/h4-7,14,17,19H,8-13H2,1-3H3,(H,22,27). The van der Waals surface area contributed by atoms with Gasteiger partial charge in [-0.15, -0.1) is 5.10 Å². The van der Waals surface area contributed by atoms with Gasteiger partial charge in [0.1, 0.15) is 0 Å². The van der Waals surface area contributed by atoms with Gasteiger partial charge < -0.3 is 5.32 Å². The van der Waals surface area contributed by atoms with Gasteiger partial charge in [0.2, 0.25) is 0 Å². The summed E-state index contributed by atoms with van der Waals surface area (Å²) in [7, 11) is 0. The van der Waals surface area contributed by atoms with Gasteiger partial charge in [-0.3, -0.25) is 9.69 Å². The summed E-state index contributed by atoms with van der Waals surface area (Å²) in [6.45, 7) is 8.07. The normalized spacial score (nSPS) is 17.3. The second-order valence-corrected chi connectivity index (χ2v) is 8.91. The SMILES string of the molecule is CC(C)(C)n1cc(CN(Cc2ccc(C(=O)NC3CC3)cc2)C2CC2)nn1. The fourth-order valence-electron chi connectivity index (χ4n) is 3.15. The monoisotopic (exact) mass is 367 g/mol. The van der Waals surface area contributed by atoms with Crippen LogP contribution in [0.15, 0.2) is 30.5 Å². The van der Waals surface area contributed by atoms with Crippen molar-refractivity contribution < 1.29 is 4.79 Å². The summed E-state index contributed by atoms with van der Waals surface area (Å²) < 4.78 is 1.93. The predicted molar refractivity (Wildman–Crippen MR) is 104 cm³/mol. The van der Waals surface area contributed by atoms with Crippen molar-refractivity contribution in [1.29, 1.82) is 0 Å². The molecule has 0 spiro atoms. The van der Waals surface area contributed by atoms with E-state index >= 15 is 0 Å². The molecular weight excluding hydrogens is 338 g/mol. The number of benzene rings is 1. The average Bonchev–Trinajstić information content (AvgIpc) is 3.54. The van der Waals surface area contributed by atoms with Gasteiger partial charge in [0.05, 0.1) is 17.4 Å². The van der Waals surface area contributed by atoms with Gasteiger partial charge in [0.25, 0.3) is 5.91 Å². The van der Waals surface area contributed by atoms with Crippen LogP contribution >= 0.6 is 0 Å². The van der Waals surface area contributed by atoms with Crippen LogP contribution in [0.3, 0.4) is 0 Å². The second-order valence-electron chi connectivity index (χ2n) is 8.91. The van der Waals surface area contributed by atoms with E-state index < -0.39 is 0 Å². The molecule has 4 rings (SSSR count). The van der Waals surface area contributed by atoms with E-state index in [1.807, 2.05) is 16.8 Å². The molecule has 1 heterocycles. The molecule has 1 aromatic carbocycles. The Labute approximate surface area is 160 Å². The lowest BCUT2D eigenvalue weighted by molar-refractivity contribution is 0.0951. The van der Waals surface area contributed by atoms with Crippen LogP contribution in [0.4, 0.5) is 0 Å². The highest BCUT2D eigenvalue weighted by Gasteiger charge is 2.30. The summed E-state index contributed by atoms with van der Waals surface area (Å²) in [6.07, 6.45) is 6.77. The molecule has 0 unspecified atom stereocenters. The highest BCUT2D eigenvalue weighted by Crippen LogP contribution is 2.30. The molecule has 1 amide bonds. The Morgan fingerprint density at radius 2 is 1.85 bits per heavy atom. The summed E-state index contributed by atoms with van der Waals surface area (Å²) in [4.78, 5) is 14.6. The third-order valence-corrected chi connectivity index (χ3v) is 5.17. The Bertz CT molecular complexity index is 797. The molecule has 1 aromatic heterocycles. The summed E-state index contributed by atoms with van der Waals surface area (Å²) in [6, 6.07) is 9.04. The minimum atomic E-state index is -0.0491. The second kappa shape index (κ2) is 7.08. The third-order valence-electron chi connectivity index (χ3n) is 5.17. The number of carbonyl (C=O) groups is 1. The lowest BCUT2D eigenvalue weighted by Crippen LogP contribution is -2.26. The molecule has 2 aliphatic carbocycles. The minimum Gasteiger partial charge on any atom is -0.349 e. The van der Waals surface area contributed by atoms with E-state index in [1.165, 1.54) is 18.4 Å². The van der Waals surface area contributed by atoms with Crippen molar-refractivity contribution in [3.8, 4) is 0 Å². The Balaban J connectivity index is 1.39. The lowest BCUT2D eigenvalue weighted by atomic mass is 10.1. The first kappa shape index (κ1) is 18.2. The highest BCUT2D eigenvalue weighted by molar-refractivity contribution is 5.94. The first-order chi connectivity index (χ1) is 12.9. The van der Waals surface area contributed by atoms with Gasteiger partial charge in [0, 0.05) is 30.7 Å². The number of aromatic nitrogens is 3. The fraction of sp³-hybridized carbons (Fsp3) is 0.571. The Hall–Kier alpha value is -2.21. The molecule has 0 aliphatic heterocycles. The van der Waals surface area contributed by atoms with Crippen LogP contribution in [0, 0.1) is 0 Å². The zero-order valence-electron chi connectivity index (χ0n) is 16.5. The van der Waals surface area contributed by atoms with Gasteiger partial charge in [0.15, 0.2) is 0 Å². The first-order valence-electron chi connectivity index (χ1n) is 9.94. The lowest BCUT2D eigenvalue weighted by Gasteiger charge is -2.21. The number of carbonyl (C=O) groups excluding carboxylic acids is 1. The summed E-state index contributed by atoms with van der Waals surface area (Å²) in [5.41, 5.74) is 2.94. The maximum absolute atomic E-state index is 12.1. The largest absolute Gasteiger partial charge is 0.349 e. The molecule has 6 nitrogen and oxygen atoms in total. The van der Waals surface area contributed by atoms with E-state index in [1.54, 1.807) is 0 Å². The fourth-order valence-corrected chi connectivity index (χ4v) is 3.15. The van der Waals surface area contributed by atoms with Crippen molar-refractivity contribution in [1.82, 2.24) is 25.2 Å². The van der Waals surface area contributed by atoms with Crippen molar-refractivity contribution in [2.75, 3.05) is 0 Å². The molecule has 27 heavy (non-hydrogen) atoms. The number of amides is 1. The van der Waals surface area contributed by atoms with Crippen LogP contribution in [0.1, 0.15) is 68.1 Å². The van der Waals surface area contributed by atoms with Crippen molar-refractivity contribution >= 4 is 5.91 Å². The van der Waals surface area contributed by atoms with Crippen LogP contribution < -0.4 is 5.32 Å². The van der Waals surface area contributed by atoms with Gasteiger partial charge >= 0.3 is 0 Å². The highest BCUT2D eigenvalue weighted by atomic mass is 16.1. The van der Waals surface area contributed by atoms with Gasteiger partial charge in [-0.1, -0.05) is 17.3 Å². The summed E-state index contributed by atoms with van der Waals surface area (Å²) in [5, 5.41) is 11.7. The molecular formula is C21H29N5O. The molecule has 0 atom stereocenters. The van der Waals surface area contributed by atoms with Crippen molar-refractivity contribution in [3.63, 3.8) is 0 Å². The van der Waals surface area contributed by atoms with Crippen LogP contribution in [-0.2, 0) is 18.6 Å². The topological polar surface area (TPSA) is 63.1 Å². The van der Waals surface area contributed by atoms with E-state index in [0.29, 0.717) is 12.1 Å². The Kier molecular flexibility index (Phi) is 4.76. The van der Waals surface area contributed by atoms with E-state index in [0.717, 1.165) is 37.2 Å². The third kappa shape index (κ3) is 4.75. The molecule has 2 aliphatic rings. The molecule has 0 bridgehead atoms.